The molecule has 232 valence electrons. The van der Waals surface area contributed by atoms with Gasteiger partial charge in [0.05, 0.1) is 36.6 Å². The lowest BCUT2D eigenvalue weighted by molar-refractivity contribution is -0.137. The number of hydrogen-bond acceptors (Lipinski definition) is 7. The Hall–Kier alpha value is -4.34. The molecule has 1 saturated carbocycles. The summed E-state index contributed by atoms with van der Waals surface area (Å²) in [5, 5.41) is 14.8. The van der Waals surface area contributed by atoms with E-state index in [0.717, 1.165) is 74.0 Å². The highest BCUT2D eigenvalue weighted by molar-refractivity contribution is 6.01. The first-order valence-corrected chi connectivity index (χ1v) is 14.6. The number of nitrogens with one attached hydrogen (secondary N) is 2. The summed E-state index contributed by atoms with van der Waals surface area (Å²) in [6.45, 7) is 1.68. The van der Waals surface area contributed by atoms with Crippen LogP contribution in [0.15, 0.2) is 53.7 Å². The van der Waals surface area contributed by atoms with Crippen molar-refractivity contribution in [3.63, 3.8) is 0 Å². The van der Waals surface area contributed by atoms with E-state index < -0.39 is 35.7 Å². The van der Waals surface area contributed by atoms with E-state index in [4.69, 9.17) is 9.47 Å². The third kappa shape index (κ3) is 6.30. The van der Waals surface area contributed by atoms with Crippen LogP contribution in [0.3, 0.4) is 0 Å². The summed E-state index contributed by atoms with van der Waals surface area (Å²) in [6, 6.07) is 10.5. The van der Waals surface area contributed by atoms with E-state index >= 15 is 0 Å². The lowest BCUT2D eigenvalue weighted by atomic mass is 9.78. The van der Waals surface area contributed by atoms with Gasteiger partial charge < -0.3 is 20.1 Å². The van der Waals surface area contributed by atoms with Gasteiger partial charge in [-0.15, -0.1) is 0 Å². The van der Waals surface area contributed by atoms with E-state index in [9.17, 15) is 28.4 Å². The Kier molecular flexibility index (Phi) is 9.56. The van der Waals surface area contributed by atoms with Crippen LogP contribution < -0.4 is 10.6 Å². The van der Waals surface area contributed by atoms with Crippen molar-refractivity contribution in [2.24, 2.45) is 5.92 Å². The second-order valence-electron chi connectivity index (χ2n) is 11.4. The van der Waals surface area contributed by atoms with Gasteiger partial charge in [-0.1, -0.05) is 24.3 Å². The summed E-state index contributed by atoms with van der Waals surface area (Å²) in [5.41, 5.74) is 1.82. The molecule has 1 aliphatic carbocycles. The van der Waals surface area contributed by atoms with Crippen LogP contribution in [0.4, 0.5) is 18.4 Å². The molecule has 1 atom stereocenters. The lowest BCUT2D eigenvalue weighted by Gasteiger charge is -2.47. The molecule has 2 aromatic carbocycles. The molecule has 0 spiro atoms. The highest BCUT2D eigenvalue weighted by Crippen LogP contribution is 2.38. The van der Waals surface area contributed by atoms with Crippen LogP contribution in [0, 0.1) is 28.9 Å². The first-order chi connectivity index (χ1) is 21.2. The van der Waals surface area contributed by atoms with Gasteiger partial charge in [0, 0.05) is 38.7 Å². The summed E-state index contributed by atoms with van der Waals surface area (Å²) in [6.07, 6.45) is 4.08. The summed E-state index contributed by atoms with van der Waals surface area (Å²) in [7, 11) is 2.50. The quantitative estimate of drug-likeness (QED) is 0.428. The Bertz CT molecular complexity index is 1490. The Labute approximate surface area is 254 Å². The fraction of sp³-hybridized carbons (Fsp3) is 0.438. The average Bonchev–Trinajstić information content (AvgIpc) is 3.01. The predicted molar refractivity (Wildman–Crippen MR) is 155 cm³/mol. The summed E-state index contributed by atoms with van der Waals surface area (Å²) < 4.78 is 38.1. The van der Waals surface area contributed by atoms with Crippen molar-refractivity contribution >= 4 is 18.0 Å². The maximum Gasteiger partial charge on any atom is 0.338 e. The predicted octanol–water partition coefficient (Wildman–Crippen LogP) is 4.34. The molecule has 10 nitrogen and oxygen atoms in total. The van der Waals surface area contributed by atoms with E-state index in [-0.39, 0.29) is 35.9 Å². The summed E-state index contributed by atoms with van der Waals surface area (Å²) in [5.74, 6) is -2.62. The number of methoxy groups -OCH3 is 2. The molecule has 12 heteroatoms. The number of halogens is 2. The fourth-order valence-corrected chi connectivity index (χ4v) is 6.54. The third-order valence-corrected chi connectivity index (χ3v) is 8.77. The molecule has 2 aromatic rings. The molecule has 2 heterocycles. The van der Waals surface area contributed by atoms with Crippen molar-refractivity contribution in [1.82, 2.24) is 20.4 Å². The molecule has 3 aliphatic rings. The van der Waals surface area contributed by atoms with Gasteiger partial charge in [-0.2, -0.15) is 5.26 Å². The molecule has 2 fully saturated rings. The van der Waals surface area contributed by atoms with E-state index in [2.05, 4.69) is 21.6 Å². The van der Waals surface area contributed by atoms with Crippen molar-refractivity contribution in [2.45, 2.75) is 43.7 Å². The number of benzene rings is 2. The highest BCUT2D eigenvalue weighted by atomic mass is 19.2. The summed E-state index contributed by atoms with van der Waals surface area (Å²) >= 11 is 0. The van der Waals surface area contributed by atoms with Crippen LogP contribution in [0.25, 0.3) is 0 Å². The van der Waals surface area contributed by atoms with Crippen LogP contribution in [-0.2, 0) is 14.3 Å². The minimum Gasteiger partial charge on any atom is -0.466 e. The number of rotatable bonds is 8. The van der Waals surface area contributed by atoms with Gasteiger partial charge in [0.1, 0.15) is 6.04 Å². The topological polar surface area (TPSA) is 124 Å². The van der Waals surface area contributed by atoms with E-state index in [1.54, 1.807) is 0 Å². The number of urea groups is 2. The van der Waals surface area contributed by atoms with Crippen LogP contribution in [-0.4, -0.2) is 74.3 Å². The SMILES string of the molecule is COCC1=C(C(=O)OC)[C@H](c2ccc(F)c(F)c2)N(C(=O)NCC2CN(C3CCC(c4ccccc4C#N)CC3)C2)C(=O)N1. The smallest absolute Gasteiger partial charge is 0.338 e. The van der Waals surface area contributed by atoms with Gasteiger partial charge in [0.2, 0.25) is 0 Å². The van der Waals surface area contributed by atoms with Gasteiger partial charge in [0.25, 0.3) is 0 Å². The minimum absolute atomic E-state index is 0.0192. The molecule has 0 bridgehead atoms. The van der Waals surface area contributed by atoms with Crippen LogP contribution in [0.2, 0.25) is 0 Å². The second-order valence-corrected chi connectivity index (χ2v) is 11.4. The van der Waals surface area contributed by atoms with Gasteiger partial charge in [0.15, 0.2) is 11.6 Å². The molecule has 0 radical (unpaired) electrons. The van der Waals surface area contributed by atoms with Crippen molar-refractivity contribution < 1.29 is 32.6 Å². The Morgan fingerprint density at radius 1 is 1.07 bits per heavy atom. The largest absolute Gasteiger partial charge is 0.466 e. The molecular weight excluding hydrogens is 572 g/mol. The zero-order valence-electron chi connectivity index (χ0n) is 24.6. The molecule has 0 aromatic heterocycles. The molecule has 0 unspecified atom stereocenters. The Balaban J connectivity index is 1.22. The first kappa shape index (κ1) is 31.1. The van der Waals surface area contributed by atoms with Crippen LogP contribution in [0.5, 0.6) is 0 Å². The monoisotopic (exact) mass is 607 g/mol. The van der Waals surface area contributed by atoms with Crippen LogP contribution >= 0.6 is 0 Å². The summed E-state index contributed by atoms with van der Waals surface area (Å²) in [4.78, 5) is 42.7. The number of esters is 1. The number of amides is 4. The van der Waals surface area contributed by atoms with Crippen molar-refractivity contribution in [3.05, 3.63) is 82.1 Å². The number of carbonyl (C=O) groups is 3. The fourth-order valence-electron chi connectivity index (χ4n) is 6.54. The standard InChI is InChI=1S/C32H35F2N5O5/c1-43-18-27-28(30(40)44-2)29(21-9-12-25(33)26(34)13-21)39(32(42)37-27)31(41)36-15-19-16-38(17-19)23-10-7-20(8-11-23)24-6-4-3-5-22(24)14-35/h3-6,9,12-13,19-20,23,29H,7-8,10-11,15-18H2,1-2H3,(H,36,41)(H,37,42)/t20?,23?,29-/m0/s1. The molecule has 2 aliphatic heterocycles. The number of hydrogen-bond donors (Lipinski definition) is 2. The van der Waals surface area contributed by atoms with E-state index in [1.807, 2.05) is 24.3 Å². The normalized spacial score (nSPS) is 22.6. The molecule has 4 amide bonds. The maximum atomic E-state index is 14.3. The maximum absolute atomic E-state index is 14.3. The number of nitriles is 1. The first-order valence-electron chi connectivity index (χ1n) is 14.6. The molecule has 1 saturated heterocycles. The molecule has 5 rings (SSSR count). The van der Waals surface area contributed by atoms with Gasteiger partial charge >= 0.3 is 18.0 Å². The Morgan fingerprint density at radius 3 is 2.45 bits per heavy atom. The molecule has 44 heavy (non-hydrogen) atoms. The molecule has 2 N–H and O–H groups in total. The second kappa shape index (κ2) is 13.5. The third-order valence-electron chi connectivity index (χ3n) is 8.77. The number of imide groups is 1. The zero-order valence-corrected chi connectivity index (χ0v) is 24.6. The van der Waals surface area contributed by atoms with Crippen molar-refractivity contribution in [1.29, 1.82) is 5.26 Å². The van der Waals surface area contributed by atoms with Gasteiger partial charge in [-0.05, 0) is 60.9 Å². The van der Waals surface area contributed by atoms with E-state index in [0.29, 0.717) is 12.0 Å². The van der Waals surface area contributed by atoms with Crippen LogP contribution in [0.1, 0.15) is 54.3 Å². The number of carbonyl (C=O) groups excluding carboxylic acids is 3. The van der Waals surface area contributed by atoms with E-state index in [1.165, 1.54) is 13.2 Å². The highest BCUT2D eigenvalue weighted by Gasteiger charge is 2.44. The number of likely N-dealkylation sites (tertiary alicyclic amines) is 1. The van der Waals surface area contributed by atoms with Crippen molar-refractivity contribution in [3.8, 4) is 6.07 Å². The zero-order chi connectivity index (χ0) is 31.4. The van der Waals surface area contributed by atoms with Crippen molar-refractivity contribution in [2.75, 3.05) is 40.5 Å². The number of ether oxygens (including phenoxy) is 2. The average molecular weight is 608 g/mol. The lowest BCUT2D eigenvalue weighted by Crippen LogP contribution is -2.59. The van der Waals surface area contributed by atoms with Gasteiger partial charge in [-0.3, -0.25) is 4.90 Å². The minimum atomic E-state index is -1.38. The molecular formula is C32H35F2N5O5. The Morgan fingerprint density at radius 2 is 1.80 bits per heavy atom. The number of nitrogens with zero attached hydrogens (tertiary/aromatic N) is 3. The van der Waals surface area contributed by atoms with Gasteiger partial charge in [-0.25, -0.2) is 28.1 Å².